The lowest BCUT2D eigenvalue weighted by atomic mass is 9.95. The summed E-state index contributed by atoms with van der Waals surface area (Å²) in [6, 6.07) is 8.30. The average Bonchev–Trinajstić information content (AvgIpc) is 3.18. The highest BCUT2D eigenvalue weighted by atomic mass is 127. The van der Waals surface area contributed by atoms with Crippen LogP contribution in [0.5, 0.6) is 0 Å². The molecule has 0 N–H and O–H groups in total. The number of carbonyl (C=O) groups excluding carboxylic acids is 1. The maximum Gasteiger partial charge on any atom is 0.280 e. The third kappa shape index (κ3) is 4.41. The minimum atomic E-state index is -0.0731. The van der Waals surface area contributed by atoms with E-state index in [1.807, 2.05) is 37.2 Å². The lowest BCUT2D eigenvalue weighted by molar-refractivity contribution is 0.0794. The van der Waals surface area contributed by atoms with Gasteiger partial charge in [0.05, 0.1) is 6.04 Å². The standard InChI is InChI=1S/C21H27N3O3.HI/c1-23(2)13-17-8-7-15-5-3-4-6-19(15)24(17)21(25)18-14-27-20(22-18)16-9-11-26-12-10-16;/h3-6,14,16-17H,7-13H2,1-2H3;1H. The molecule has 1 aromatic carbocycles. The van der Waals surface area contributed by atoms with Gasteiger partial charge in [-0.25, -0.2) is 4.98 Å². The summed E-state index contributed by atoms with van der Waals surface area (Å²) in [5.74, 6) is 0.832. The monoisotopic (exact) mass is 497 g/mol. The Kier molecular flexibility index (Phi) is 7.11. The van der Waals surface area contributed by atoms with Crippen molar-refractivity contribution in [2.45, 2.75) is 37.6 Å². The number of amides is 1. The van der Waals surface area contributed by atoms with Crippen molar-refractivity contribution in [3.63, 3.8) is 0 Å². The van der Waals surface area contributed by atoms with E-state index in [2.05, 4.69) is 16.0 Å². The van der Waals surface area contributed by atoms with E-state index in [0.29, 0.717) is 11.6 Å². The lowest BCUT2D eigenvalue weighted by Crippen LogP contribution is -2.48. The minimum absolute atomic E-state index is 0. The molecule has 6 nitrogen and oxygen atoms in total. The van der Waals surface area contributed by atoms with Crippen LogP contribution in [0.25, 0.3) is 0 Å². The molecule has 1 fully saturated rings. The molecule has 7 heteroatoms. The second kappa shape index (κ2) is 9.37. The van der Waals surface area contributed by atoms with E-state index in [9.17, 15) is 4.79 Å². The van der Waals surface area contributed by atoms with Crippen molar-refractivity contribution in [1.82, 2.24) is 9.88 Å². The average molecular weight is 497 g/mol. The highest BCUT2D eigenvalue weighted by molar-refractivity contribution is 14.0. The van der Waals surface area contributed by atoms with E-state index in [1.54, 1.807) is 0 Å². The molecule has 3 heterocycles. The van der Waals surface area contributed by atoms with Gasteiger partial charge >= 0.3 is 0 Å². The summed E-state index contributed by atoms with van der Waals surface area (Å²) in [5.41, 5.74) is 2.61. The number of ether oxygens (including phenoxy) is 1. The van der Waals surface area contributed by atoms with Crippen LogP contribution in [0.15, 0.2) is 34.9 Å². The van der Waals surface area contributed by atoms with Gasteiger partial charge in [0.2, 0.25) is 0 Å². The smallest absolute Gasteiger partial charge is 0.280 e. The van der Waals surface area contributed by atoms with Crippen LogP contribution in [-0.4, -0.2) is 55.7 Å². The maximum absolute atomic E-state index is 13.4. The summed E-state index contributed by atoms with van der Waals surface area (Å²) in [5, 5.41) is 0. The second-order valence-electron chi connectivity index (χ2n) is 7.72. The summed E-state index contributed by atoms with van der Waals surface area (Å²) >= 11 is 0. The number of benzene rings is 1. The van der Waals surface area contributed by atoms with Gasteiger partial charge in [0.1, 0.15) is 6.26 Å². The van der Waals surface area contributed by atoms with Gasteiger partial charge in [-0.3, -0.25) is 4.79 Å². The van der Waals surface area contributed by atoms with Gasteiger partial charge in [-0.05, 0) is 51.4 Å². The Morgan fingerprint density at radius 2 is 1.96 bits per heavy atom. The molecule has 2 aromatic rings. The fourth-order valence-electron chi connectivity index (χ4n) is 4.12. The van der Waals surface area contributed by atoms with E-state index < -0.39 is 0 Å². The molecule has 1 aromatic heterocycles. The van der Waals surface area contributed by atoms with Gasteiger partial charge in [-0.2, -0.15) is 0 Å². The Labute approximate surface area is 183 Å². The first kappa shape index (κ1) is 21.3. The molecule has 0 spiro atoms. The number of nitrogens with zero attached hydrogens (tertiary/aromatic N) is 3. The van der Waals surface area contributed by atoms with Crippen LogP contribution >= 0.6 is 24.0 Å². The highest BCUT2D eigenvalue weighted by Crippen LogP contribution is 2.33. The number of halogens is 1. The number of oxazole rings is 1. The van der Waals surface area contributed by atoms with Crippen molar-refractivity contribution in [1.29, 1.82) is 0 Å². The van der Waals surface area contributed by atoms with E-state index >= 15 is 0 Å². The number of likely N-dealkylation sites (N-methyl/N-ethyl adjacent to an activating group) is 1. The molecular weight excluding hydrogens is 469 g/mol. The Hall–Kier alpha value is -1.45. The van der Waals surface area contributed by atoms with Crippen LogP contribution < -0.4 is 4.90 Å². The van der Waals surface area contributed by atoms with Gasteiger partial charge in [-0.1, -0.05) is 18.2 Å². The van der Waals surface area contributed by atoms with Gasteiger partial charge in [-0.15, -0.1) is 24.0 Å². The molecule has 0 aliphatic carbocycles. The molecule has 2 aliphatic heterocycles. The molecule has 1 amide bonds. The van der Waals surface area contributed by atoms with Crippen LogP contribution in [0.3, 0.4) is 0 Å². The topological polar surface area (TPSA) is 58.8 Å². The summed E-state index contributed by atoms with van der Waals surface area (Å²) < 4.78 is 11.1. The fourth-order valence-corrected chi connectivity index (χ4v) is 4.12. The normalized spacial score (nSPS) is 20.0. The Morgan fingerprint density at radius 1 is 1.21 bits per heavy atom. The number of hydrogen-bond donors (Lipinski definition) is 0. The summed E-state index contributed by atoms with van der Waals surface area (Å²) in [6.07, 6.45) is 5.25. The second-order valence-corrected chi connectivity index (χ2v) is 7.72. The molecule has 2 aliphatic rings. The Bertz CT molecular complexity index is 802. The molecule has 1 atom stereocenters. The maximum atomic E-state index is 13.4. The van der Waals surface area contributed by atoms with Crippen LogP contribution in [0, 0.1) is 0 Å². The van der Waals surface area contributed by atoms with Gasteiger partial charge < -0.3 is 19.0 Å². The van der Waals surface area contributed by atoms with Gasteiger partial charge in [0.25, 0.3) is 5.91 Å². The molecule has 28 heavy (non-hydrogen) atoms. The first-order valence-electron chi connectivity index (χ1n) is 9.73. The lowest BCUT2D eigenvalue weighted by Gasteiger charge is -2.38. The number of carbonyl (C=O) groups is 1. The zero-order valence-electron chi connectivity index (χ0n) is 16.5. The summed E-state index contributed by atoms with van der Waals surface area (Å²) in [4.78, 5) is 22.0. The highest BCUT2D eigenvalue weighted by Gasteiger charge is 2.33. The molecule has 152 valence electrons. The fraction of sp³-hybridized carbons (Fsp3) is 0.524. The zero-order chi connectivity index (χ0) is 18.8. The number of hydrogen-bond acceptors (Lipinski definition) is 5. The number of aryl methyl sites for hydroxylation is 1. The first-order valence-corrected chi connectivity index (χ1v) is 9.73. The van der Waals surface area contributed by atoms with Crippen molar-refractivity contribution in [3.05, 3.63) is 47.7 Å². The van der Waals surface area contributed by atoms with Crippen molar-refractivity contribution >= 4 is 35.6 Å². The summed E-state index contributed by atoms with van der Waals surface area (Å²) in [7, 11) is 4.09. The number of fused-ring (bicyclic) bond motifs is 1. The number of aromatic nitrogens is 1. The molecule has 4 rings (SSSR count). The van der Waals surface area contributed by atoms with Crippen LogP contribution in [0.2, 0.25) is 0 Å². The first-order chi connectivity index (χ1) is 13.1. The van der Waals surface area contributed by atoms with Crippen molar-refractivity contribution in [2.75, 3.05) is 38.8 Å². The molecule has 1 saturated heterocycles. The number of para-hydroxylation sites is 1. The van der Waals surface area contributed by atoms with Gasteiger partial charge in [0.15, 0.2) is 11.6 Å². The van der Waals surface area contributed by atoms with E-state index in [4.69, 9.17) is 9.15 Å². The van der Waals surface area contributed by atoms with Crippen molar-refractivity contribution in [3.8, 4) is 0 Å². The van der Waals surface area contributed by atoms with Gasteiger partial charge in [0, 0.05) is 31.4 Å². The van der Waals surface area contributed by atoms with Crippen molar-refractivity contribution in [2.24, 2.45) is 0 Å². The third-order valence-corrected chi connectivity index (χ3v) is 5.47. The molecule has 1 unspecified atom stereocenters. The molecule has 0 saturated carbocycles. The minimum Gasteiger partial charge on any atom is -0.448 e. The number of anilines is 1. The molecular formula is C21H28IN3O3. The molecule has 0 bridgehead atoms. The van der Waals surface area contributed by atoms with E-state index in [1.165, 1.54) is 11.8 Å². The summed E-state index contributed by atoms with van der Waals surface area (Å²) in [6.45, 7) is 2.27. The molecule has 0 radical (unpaired) electrons. The predicted molar refractivity (Wildman–Crippen MR) is 119 cm³/mol. The van der Waals surface area contributed by atoms with Crippen LogP contribution in [0.1, 0.15) is 47.1 Å². The van der Waals surface area contributed by atoms with E-state index in [-0.39, 0.29) is 41.8 Å². The Morgan fingerprint density at radius 3 is 2.71 bits per heavy atom. The number of rotatable bonds is 4. The quantitative estimate of drug-likeness (QED) is 0.603. The van der Waals surface area contributed by atoms with Crippen LogP contribution in [0.4, 0.5) is 5.69 Å². The largest absolute Gasteiger partial charge is 0.448 e. The van der Waals surface area contributed by atoms with E-state index in [0.717, 1.165) is 51.1 Å². The Balaban J connectivity index is 0.00000225. The zero-order valence-corrected chi connectivity index (χ0v) is 18.8. The van der Waals surface area contributed by atoms with Crippen LogP contribution in [-0.2, 0) is 11.2 Å². The SMILES string of the molecule is CN(C)CC1CCc2ccccc2N1C(=O)c1coc(C2CCOCC2)n1.I. The predicted octanol–water partition coefficient (Wildman–Crippen LogP) is 3.71. The third-order valence-electron chi connectivity index (χ3n) is 5.47. The van der Waals surface area contributed by atoms with Crippen molar-refractivity contribution < 1.29 is 13.9 Å².